The minimum absolute atomic E-state index is 0.141. The molecular weight excluding hydrogens is 142 g/mol. The van der Waals surface area contributed by atoms with E-state index in [1.54, 1.807) is 0 Å². The summed E-state index contributed by atoms with van der Waals surface area (Å²) in [6.45, 7) is 2.48. The molecule has 4 nitrogen and oxygen atoms in total. The molecule has 0 aromatic carbocycles. The highest BCUT2D eigenvalue weighted by Gasteiger charge is 2.35. The van der Waals surface area contributed by atoms with Crippen molar-refractivity contribution in [3.05, 3.63) is 0 Å². The van der Waals surface area contributed by atoms with Gasteiger partial charge in [0.25, 0.3) is 0 Å². The van der Waals surface area contributed by atoms with E-state index in [2.05, 4.69) is 10.3 Å². The summed E-state index contributed by atoms with van der Waals surface area (Å²) in [6, 6.07) is 0. The zero-order valence-electron chi connectivity index (χ0n) is 6.47. The van der Waals surface area contributed by atoms with Crippen molar-refractivity contribution >= 4 is 5.96 Å². The van der Waals surface area contributed by atoms with Gasteiger partial charge in [-0.2, -0.15) is 0 Å². The van der Waals surface area contributed by atoms with Crippen molar-refractivity contribution in [2.24, 2.45) is 10.7 Å². The third-order valence-corrected chi connectivity index (χ3v) is 2.40. The largest absolute Gasteiger partial charge is 0.381 e. The van der Waals surface area contributed by atoms with Gasteiger partial charge in [-0.15, -0.1) is 0 Å². The molecule has 2 aliphatic heterocycles. The summed E-state index contributed by atoms with van der Waals surface area (Å²) in [6.07, 6.45) is 2.05. The normalized spacial score (nSPS) is 28.2. The first kappa shape index (κ1) is 6.91. The van der Waals surface area contributed by atoms with Gasteiger partial charge in [0.05, 0.1) is 12.1 Å². The average Bonchev–Trinajstić information content (AvgIpc) is 2.34. The topological polar surface area (TPSA) is 59.6 Å². The number of aliphatic imine (C=N–C) groups is 1. The maximum absolute atomic E-state index is 5.54. The van der Waals surface area contributed by atoms with Crippen molar-refractivity contribution in [1.82, 2.24) is 5.32 Å². The smallest absolute Gasteiger partial charge is 0.189 e. The molecule has 1 fully saturated rings. The number of rotatable bonds is 0. The van der Waals surface area contributed by atoms with E-state index in [9.17, 15) is 0 Å². The Morgan fingerprint density at radius 1 is 1.45 bits per heavy atom. The first-order valence-electron chi connectivity index (χ1n) is 3.97. The van der Waals surface area contributed by atoms with Crippen LogP contribution in [0.15, 0.2) is 4.99 Å². The predicted molar refractivity (Wildman–Crippen MR) is 42.4 cm³/mol. The van der Waals surface area contributed by atoms with Crippen LogP contribution in [0.1, 0.15) is 12.8 Å². The fraction of sp³-hybridized carbons (Fsp3) is 0.857. The van der Waals surface area contributed by atoms with Gasteiger partial charge in [-0.05, 0) is 12.8 Å². The Morgan fingerprint density at radius 2 is 2.18 bits per heavy atom. The lowest BCUT2D eigenvalue weighted by Crippen LogP contribution is -2.51. The van der Waals surface area contributed by atoms with Crippen molar-refractivity contribution in [3.63, 3.8) is 0 Å². The van der Waals surface area contributed by atoms with E-state index in [1.165, 1.54) is 0 Å². The third kappa shape index (κ3) is 1.18. The van der Waals surface area contributed by atoms with Gasteiger partial charge >= 0.3 is 0 Å². The van der Waals surface area contributed by atoms with E-state index in [-0.39, 0.29) is 5.54 Å². The molecule has 1 spiro atoms. The molecule has 62 valence electrons. The van der Waals surface area contributed by atoms with Crippen molar-refractivity contribution in [2.45, 2.75) is 18.4 Å². The number of guanidine groups is 1. The molecule has 2 rings (SSSR count). The highest BCUT2D eigenvalue weighted by molar-refractivity contribution is 5.80. The maximum atomic E-state index is 5.54. The lowest BCUT2D eigenvalue weighted by molar-refractivity contribution is 0.0520. The average molecular weight is 155 g/mol. The SMILES string of the molecule is NC1=NCC2(CCOCC2)N1. The van der Waals surface area contributed by atoms with Crippen LogP contribution in [0.2, 0.25) is 0 Å². The Hall–Kier alpha value is -0.770. The first-order valence-corrected chi connectivity index (χ1v) is 3.97. The Morgan fingerprint density at radius 3 is 2.73 bits per heavy atom. The van der Waals surface area contributed by atoms with E-state index in [1.807, 2.05) is 0 Å². The van der Waals surface area contributed by atoms with Crippen molar-refractivity contribution in [1.29, 1.82) is 0 Å². The van der Waals surface area contributed by atoms with Gasteiger partial charge in [-0.1, -0.05) is 0 Å². The monoisotopic (exact) mass is 155 g/mol. The predicted octanol–water partition coefficient (Wildman–Crippen LogP) is -0.547. The summed E-state index contributed by atoms with van der Waals surface area (Å²) in [5.41, 5.74) is 5.68. The molecule has 11 heavy (non-hydrogen) atoms. The fourth-order valence-electron chi connectivity index (χ4n) is 1.63. The van der Waals surface area contributed by atoms with Crippen molar-refractivity contribution in [2.75, 3.05) is 19.8 Å². The first-order chi connectivity index (χ1) is 5.31. The molecule has 0 aliphatic carbocycles. The summed E-state index contributed by atoms with van der Waals surface area (Å²) < 4.78 is 5.26. The number of nitrogens with two attached hydrogens (primary N) is 1. The zero-order valence-corrected chi connectivity index (χ0v) is 6.47. The van der Waals surface area contributed by atoms with Gasteiger partial charge < -0.3 is 15.8 Å². The Labute approximate surface area is 65.8 Å². The van der Waals surface area contributed by atoms with Crippen LogP contribution in [0.5, 0.6) is 0 Å². The van der Waals surface area contributed by atoms with E-state index >= 15 is 0 Å². The van der Waals surface area contributed by atoms with Gasteiger partial charge in [0.1, 0.15) is 0 Å². The second kappa shape index (κ2) is 2.37. The number of nitrogens with zero attached hydrogens (tertiary/aromatic N) is 1. The fourth-order valence-corrected chi connectivity index (χ4v) is 1.63. The van der Waals surface area contributed by atoms with Gasteiger partial charge in [0.15, 0.2) is 5.96 Å². The van der Waals surface area contributed by atoms with Crippen LogP contribution >= 0.6 is 0 Å². The van der Waals surface area contributed by atoms with Gasteiger partial charge in [-0.3, -0.25) is 4.99 Å². The zero-order chi connectivity index (χ0) is 7.73. The van der Waals surface area contributed by atoms with Crippen LogP contribution in [0.4, 0.5) is 0 Å². The molecule has 3 N–H and O–H groups in total. The lowest BCUT2D eigenvalue weighted by atomic mass is 9.91. The molecule has 0 atom stereocenters. The molecule has 0 radical (unpaired) electrons. The molecule has 0 aromatic rings. The Balaban J connectivity index is 2.01. The van der Waals surface area contributed by atoms with Gasteiger partial charge in [-0.25, -0.2) is 0 Å². The van der Waals surface area contributed by atoms with Crippen LogP contribution in [-0.2, 0) is 4.74 Å². The molecule has 1 saturated heterocycles. The van der Waals surface area contributed by atoms with E-state index in [0.717, 1.165) is 32.6 Å². The van der Waals surface area contributed by atoms with E-state index in [0.29, 0.717) is 5.96 Å². The molecule has 4 heteroatoms. The lowest BCUT2D eigenvalue weighted by Gasteiger charge is -2.32. The van der Waals surface area contributed by atoms with E-state index in [4.69, 9.17) is 10.5 Å². The summed E-state index contributed by atoms with van der Waals surface area (Å²) in [5, 5.41) is 3.22. The highest BCUT2D eigenvalue weighted by atomic mass is 16.5. The van der Waals surface area contributed by atoms with Crippen LogP contribution in [0.25, 0.3) is 0 Å². The van der Waals surface area contributed by atoms with Gasteiger partial charge in [0.2, 0.25) is 0 Å². The molecule has 0 unspecified atom stereocenters. The van der Waals surface area contributed by atoms with Gasteiger partial charge in [0, 0.05) is 13.2 Å². The number of nitrogens with one attached hydrogen (secondary N) is 1. The Kier molecular flexibility index (Phi) is 1.49. The van der Waals surface area contributed by atoms with Crippen LogP contribution in [-0.4, -0.2) is 31.3 Å². The minimum atomic E-state index is 0.141. The number of ether oxygens (including phenoxy) is 1. The quantitative estimate of drug-likeness (QED) is 0.493. The summed E-state index contributed by atoms with van der Waals surface area (Å²) in [4.78, 5) is 4.14. The molecule has 2 heterocycles. The van der Waals surface area contributed by atoms with E-state index < -0.39 is 0 Å². The molecule has 0 bridgehead atoms. The number of hydrogen-bond donors (Lipinski definition) is 2. The molecule has 0 aromatic heterocycles. The van der Waals surface area contributed by atoms with Crippen molar-refractivity contribution in [3.8, 4) is 0 Å². The summed E-state index contributed by atoms with van der Waals surface area (Å²) >= 11 is 0. The number of hydrogen-bond acceptors (Lipinski definition) is 4. The molecular formula is C7H13N3O. The maximum Gasteiger partial charge on any atom is 0.189 e. The van der Waals surface area contributed by atoms with Crippen LogP contribution in [0.3, 0.4) is 0 Å². The molecule has 2 aliphatic rings. The Bertz CT molecular complexity index is 184. The van der Waals surface area contributed by atoms with Crippen molar-refractivity contribution < 1.29 is 4.74 Å². The third-order valence-electron chi connectivity index (χ3n) is 2.40. The second-order valence-corrected chi connectivity index (χ2v) is 3.22. The highest BCUT2D eigenvalue weighted by Crippen LogP contribution is 2.23. The molecule has 0 saturated carbocycles. The minimum Gasteiger partial charge on any atom is -0.381 e. The standard InChI is InChI=1S/C7H13N3O/c8-6-9-5-7(10-6)1-3-11-4-2-7/h1-5H2,(H3,8,9,10). The molecule has 0 amide bonds. The summed E-state index contributed by atoms with van der Waals surface area (Å²) in [5.74, 6) is 0.590. The van der Waals surface area contributed by atoms with Crippen LogP contribution in [0, 0.1) is 0 Å². The van der Waals surface area contributed by atoms with Crippen LogP contribution < -0.4 is 11.1 Å². The summed E-state index contributed by atoms with van der Waals surface area (Å²) in [7, 11) is 0. The second-order valence-electron chi connectivity index (χ2n) is 3.22.